The molecular weight excluding hydrogens is 368 g/mol. The van der Waals surface area contributed by atoms with Crippen molar-refractivity contribution in [3.8, 4) is 0 Å². The zero-order valence-corrected chi connectivity index (χ0v) is 17.6. The van der Waals surface area contributed by atoms with Crippen LogP contribution in [0.5, 0.6) is 0 Å². The second-order valence-corrected chi connectivity index (χ2v) is 10.1. The topological polar surface area (TPSA) is 93.5 Å². The predicted molar refractivity (Wildman–Crippen MR) is 104 cm³/mol. The molecular formula is C18H32N4O4S. The molecule has 8 nitrogen and oxygen atoms in total. The Morgan fingerprint density at radius 1 is 1.33 bits per heavy atom. The molecule has 0 aromatic carbocycles. The van der Waals surface area contributed by atoms with Gasteiger partial charge in [0.25, 0.3) is 0 Å². The summed E-state index contributed by atoms with van der Waals surface area (Å²) in [5, 5.41) is 7.48. The molecule has 1 fully saturated rings. The second-order valence-electron chi connectivity index (χ2n) is 8.00. The fourth-order valence-corrected chi connectivity index (χ4v) is 4.59. The lowest BCUT2D eigenvalue weighted by molar-refractivity contribution is 0.0514. The van der Waals surface area contributed by atoms with Crippen molar-refractivity contribution >= 4 is 16.1 Å². The first-order valence-corrected chi connectivity index (χ1v) is 11.2. The van der Waals surface area contributed by atoms with Gasteiger partial charge < -0.3 is 10.1 Å². The minimum atomic E-state index is -3.12. The Morgan fingerprint density at radius 3 is 2.59 bits per heavy atom. The van der Waals surface area contributed by atoms with Crippen molar-refractivity contribution in [2.45, 2.75) is 71.6 Å². The Bertz CT molecular complexity index is 716. The SMILES string of the molecule is CCCCS(=O)(=O)N1CCC(NCc2cnn(C(=O)OC(C)(C)C)c2)CC1. The molecule has 0 amide bonds. The molecule has 2 rings (SSSR count). The van der Waals surface area contributed by atoms with E-state index in [2.05, 4.69) is 10.4 Å². The molecule has 0 radical (unpaired) electrons. The monoisotopic (exact) mass is 400 g/mol. The molecule has 0 bridgehead atoms. The van der Waals surface area contributed by atoms with Gasteiger partial charge in [-0.25, -0.2) is 17.5 Å². The maximum atomic E-state index is 12.2. The van der Waals surface area contributed by atoms with Crippen molar-refractivity contribution < 1.29 is 17.9 Å². The van der Waals surface area contributed by atoms with E-state index in [9.17, 15) is 13.2 Å². The van der Waals surface area contributed by atoms with Gasteiger partial charge in [-0.2, -0.15) is 9.78 Å². The molecule has 2 heterocycles. The normalized spacial score (nSPS) is 17.2. The summed E-state index contributed by atoms with van der Waals surface area (Å²) < 4.78 is 32.6. The standard InChI is InChI=1S/C18H32N4O4S/c1-5-6-11-27(24,25)21-9-7-16(8-10-21)19-12-15-13-20-22(14-15)17(23)26-18(2,3)4/h13-14,16,19H,5-12H2,1-4H3. The van der Waals surface area contributed by atoms with Crippen molar-refractivity contribution in [3.63, 3.8) is 0 Å². The van der Waals surface area contributed by atoms with Crippen LogP contribution in [0.25, 0.3) is 0 Å². The zero-order chi connectivity index (χ0) is 20.1. The van der Waals surface area contributed by atoms with Crippen LogP contribution in [0.2, 0.25) is 0 Å². The van der Waals surface area contributed by atoms with Crippen LogP contribution in [-0.4, -0.2) is 59.1 Å². The van der Waals surface area contributed by atoms with Crippen molar-refractivity contribution in [2.75, 3.05) is 18.8 Å². The van der Waals surface area contributed by atoms with Gasteiger partial charge in [-0.15, -0.1) is 0 Å². The van der Waals surface area contributed by atoms with Crippen LogP contribution in [0.1, 0.15) is 58.9 Å². The molecule has 0 saturated carbocycles. The van der Waals surface area contributed by atoms with E-state index < -0.39 is 21.7 Å². The van der Waals surface area contributed by atoms with Gasteiger partial charge in [-0.1, -0.05) is 13.3 Å². The molecule has 27 heavy (non-hydrogen) atoms. The van der Waals surface area contributed by atoms with E-state index in [4.69, 9.17) is 4.74 Å². The highest BCUT2D eigenvalue weighted by atomic mass is 32.2. The largest absolute Gasteiger partial charge is 0.442 e. The van der Waals surface area contributed by atoms with Gasteiger partial charge in [-0.3, -0.25) is 0 Å². The average molecular weight is 401 g/mol. The van der Waals surface area contributed by atoms with E-state index in [0.29, 0.717) is 26.1 Å². The summed E-state index contributed by atoms with van der Waals surface area (Å²) in [5.41, 5.74) is 0.325. The summed E-state index contributed by atoms with van der Waals surface area (Å²) in [6.45, 7) is 9.12. The quantitative estimate of drug-likeness (QED) is 0.755. The smallest absolute Gasteiger partial charge is 0.435 e. The molecule has 1 saturated heterocycles. The number of carbonyl (C=O) groups is 1. The van der Waals surface area contributed by atoms with Crippen LogP contribution < -0.4 is 5.32 Å². The first-order chi connectivity index (χ1) is 12.6. The molecule has 1 aromatic rings. The zero-order valence-electron chi connectivity index (χ0n) is 16.8. The van der Waals surface area contributed by atoms with Gasteiger partial charge in [0.05, 0.1) is 11.9 Å². The average Bonchev–Trinajstić information content (AvgIpc) is 3.06. The lowest BCUT2D eigenvalue weighted by atomic mass is 10.1. The highest BCUT2D eigenvalue weighted by Gasteiger charge is 2.27. The van der Waals surface area contributed by atoms with E-state index >= 15 is 0 Å². The number of unbranched alkanes of at least 4 members (excludes halogenated alkanes) is 1. The number of nitrogens with zero attached hydrogens (tertiary/aromatic N) is 3. The van der Waals surface area contributed by atoms with Crippen molar-refractivity contribution in [3.05, 3.63) is 18.0 Å². The van der Waals surface area contributed by atoms with E-state index in [-0.39, 0.29) is 11.8 Å². The summed E-state index contributed by atoms with van der Waals surface area (Å²) in [4.78, 5) is 12.0. The third kappa shape index (κ3) is 6.90. The number of carbonyl (C=O) groups excluding carboxylic acids is 1. The van der Waals surface area contributed by atoms with Crippen molar-refractivity contribution in [1.82, 2.24) is 19.4 Å². The summed E-state index contributed by atoms with van der Waals surface area (Å²) >= 11 is 0. The maximum absolute atomic E-state index is 12.2. The Hall–Kier alpha value is -1.45. The molecule has 0 spiro atoms. The Kier molecular flexibility index (Phi) is 7.41. The third-order valence-electron chi connectivity index (χ3n) is 4.41. The van der Waals surface area contributed by atoms with E-state index in [0.717, 1.165) is 24.8 Å². The number of ether oxygens (including phenoxy) is 1. The molecule has 0 aliphatic carbocycles. The fraction of sp³-hybridized carbons (Fsp3) is 0.778. The highest BCUT2D eigenvalue weighted by molar-refractivity contribution is 7.89. The third-order valence-corrected chi connectivity index (χ3v) is 6.37. The number of sulfonamides is 1. The van der Waals surface area contributed by atoms with Gasteiger partial charge in [0.1, 0.15) is 5.60 Å². The molecule has 1 N–H and O–H groups in total. The number of piperidine rings is 1. The number of aromatic nitrogens is 2. The van der Waals surface area contributed by atoms with Gasteiger partial charge in [0.2, 0.25) is 10.0 Å². The lowest BCUT2D eigenvalue weighted by Crippen LogP contribution is -2.45. The van der Waals surface area contributed by atoms with Gasteiger partial charge in [0.15, 0.2) is 0 Å². The van der Waals surface area contributed by atoms with Crippen LogP contribution in [0.3, 0.4) is 0 Å². The predicted octanol–water partition coefficient (Wildman–Crippen LogP) is 2.35. The second kappa shape index (κ2) is 9.16. The summed E-state index contributed by atoms with van der Waals surface area (Å²) in [6.07, 6.45) is 5.96. The molecule has 0 atom stereocenters. The first-order valence-electron chi connectivity index (χ1n) is 9.59. The van der Waals surface area contributed by atoms with Crippen LogP contribution >= 0.6 is 0 Å². The number of nitrogens with one attached hydrogen (secondary N) is 1. The molecule has 1 aliphatic rings. The maximum Gasteiger partial charge on any atom is 0.435 e. The van der Waals surface area contributed by atoms with E-state index in [1.807, 2.05) is 27.7 Å². The minimum absolute atomic E-state index is 0.242. The Labute approximate surface area is 162 Å². The number of hydrogen-bond acceptors (Lipinski definition) is 6. The van der Waals surface area contributed by atoms with E-state index in [1.54, 1.807) is 16.7 Å². The summed E-state index contributed by atoms with van der Waals surface area (Å²) in [7, 11) is -3.12. The van der Waals surface area contributed by atoms with Gasteiger partial charge >= 0.3 is 6.09 Å². The summed E-state index contributed by atoms with van der Waals surface area (Å²) in [5.74, 6) is 0.242. The highest BCUT2D eigenvalue weighted by Crippen LogP contribution is 2.16. The lowest BCUT2D eigenvalue weighted by Gasteiger charge is -2.31. The fourth-order valence-electron chi connectivity index (χ4n) is 2.92. The number of rotatable bonds is 7. The van der Waals surface area contributed by atoms with Gasteiger partial charge in [0, 0.05) is 37.4 Å². The van der Waals surface area contributed by atoms with Gasteiger partial charge in [-0.05, 0) is 40.0 Å². The molecule has 1 aromatic heterocycles. The van der Waals surface area contributed by atoms with Crippen molar-refractivity contribution in [2.24, 2.45) is 0 Å². The molecule has 0 unspecified atom stereocenters. The van der Waals surface area contributed by atoms with E-state index in [1.165, 1.54) is 4.68 Å². The van der Waals surface area contributed by atoms with Crippen LogP contribution in [-0.2, 0) is 21.3 Å². The Balaban J connectivity index is 1.78. The first kappa shape index (κ1) is 21.8. The van der Waals surface area contributed by atoms with Crippen molar-refractivity contribution in [1.29, 1.82) is 0 Å². The minimum Gasteiger partial charge on any atom is -0.442 e. The van der Waals surface area contributed by atoms with Crippen LogP contribution in [0.4, 0.5) is 4.79 Å². The number of hydrogen-bond donors (Lipinski definition) is 1. The van der Waals surface area contributed by atoms with Crippen LogP contribution in [0.15, 0.2) is 12.4 Å². The molecule has 154 valence electrons. The Morgan fingerprint density at radius 2 is 2.00 bits per heavy atom. The molecule has 1 aliphatic heterocycles. The summed E-state index contributed by atoms with van der Waals surface area (Å²) in [6, 6.07) is 0.257. The molecule has 9 heteroatoms. The van der Waals surface area contributed by atoms with Crippen LogP contribution in [0, 0.1) is 0 Å².